The topological polar surface area (TPSA) is 59.8 Å². The second-order valence-electron chi connectivity index (χ2n) is 9.14. The molecule has 166 valence electrons. The van der Waals surface area contributed by atoms with Crippen molar-refractivity contribution in [3.8, 4) is 0 Å². The first-order valence-corrected chi connectivity index (χ1v) is 10.9. The number of piperazine rings is 1. The molecule has 3 aromatic rings. The van der Waals surface area contributed by atoms with Gasteiger partial charge in [0.05, 0.1) is 18.3 Å². The molecular formula is C24H32N4O3. The Morgan fingerprint density at radius 2 is 1.77 bits per heavy atom. The van der Waals surface area contributed by atoms with Crippen LogP contribution < -0.4 is 0 Å². The van der Waals surface area contributed by atoms with Crippen LogP contribution in [0, 0.1) is 0 Å². The van der Waals surface area contributed by atoms with Crippen LogP contribution in [0.5, 0.6) is 0 Å². The van der Waals surface area contributed by atoms with Crippen molar-refractivity contribution in [2.45, 2.75) is 39.5 Å². The molecule has 0 saturated carbocycles. The lowest BCUT2D eigenvalue weighted by Crippen LogP contribution is -2.50. The highest BCUT2D eigenvalue weighted by molar-refractivity contribution is 6.07. The molecule has 0 bridgehead atoms. The van der Waals surface area contributed by atoms with Crippen LogP contribution in [0.4, 0.5) is 4.79 Å². The van der Waals surface area contributed by atoms with Crippen molar-refractivity contribution in [2.75, 3.05) is 39.8 Å². The van der Waals surface area contributed by atoms with Crippen molar-refractivity contribution in [1.82, 2.24) is 19.4 Å². The second kappa shape index (κ2) is 8.85. The Kier molecular flexibility index (Phi) is 6.16. The first kappa shape index (κ1) is 21.6. The van der Waals surface area contributed by atoms with Gasteiger partial charge >= 0.3 is 6.09 Å². The van der Waals surface area contributed by atoms with E-state index in [9.17, 15) is 4.79 Å². The minimum atomic E-state index is -0.458. The zero-order valence-corrected chi connectivity index (χ0v) is 18.9. The number of carbonyl (C=O) groups excluding carboxylic acids is 1. The van der Waals surface area contributed by atoms with Gasteiger partial charge in [-0.25, -0.2) is 4.79 Å². The highest BCUT2D eigenvalue weighted by Gasteiger charge is 2.25. The molecule has 2 aromatic heterocycles. The van der Waals surface area contributed by atoms with Crippen molar-refractivity contribution in [3.63, 3.8) is 0 Å². The van der Waals surface area contributed by atoms with E-state index in [4.69, 9.17) is 9.47 Å². The number of rotatable bonds is 5. The Labute approximate surface area is 183 Å². The first-order valence-electron chi connectivity index (χ1n) is 10.9. The van der Waals surface area contributed by atoms with E-state index in [0.29, 0.717) is 19.7 Å². The van der Waals surface area contributed by atoms with Crippen LogP contribution in [-0.4, -0.2) is 70.9 Å². The first-order chi connectivity index (χ1) is 14.9. The summed E-state index contributed by atoms with van der Waals surface area (Å²) in [5.74, 6) is 0. The van der Waals surface area contributed by atoms with Crippen LogP contribution in [0.25, 0.3) is 21.8 Å². The van der Waals surface area contributed by atoms with Gasteiger partial charge in [0, 0.05) is 68.9 Å². The number of hydrogen-bond acceptors (Lipinski definition) is 5. The molecule has 1 aromatic carbocycles. The average Bonchev–Trinajstić information content (AvgIpc) is 3.05. The predicted molar refractivity (Wildman–Crippen MR) is 122 cm³/mol. The van der Waals surface area contributed by atoms with Crippen molar-refractivity contribution < 1.29 is 14.3 Å². The molecule has 0 N–H and O–H groups in total. The van der Waals surface area contributed by atoms with Gasteiger partial charge in [-0.2, -0.15) is 0 Å². The molecular weight excluding hydrogens is 392 g/mol. The number of benzene rings is 1. The maximum Gasteiger partial charge on any atom is 0.410 e. The number of hydrogen-bond donors (Lipinski definition) is 0. The van der Waals surface area contributed by atoms with Crippen LogP contribution in [0.15, 0.2) is 36.7 Å². The molecule has 1 amide bonds. The number of aromatic nitrogens is 2. The lowest BCUT2D eigenvalue weighted by Gasteiger charge is -2.35. The smallest absolute Gasteiger partial charge is 0.410 e. The fraction of sp³-hybridized carbons (Fsp3) is 0.500. The second-order valence-corrected chi connectivity index (χ2v) is 9.14. The molecule has 3 heterocycles. The van der Waals surface area contributed by atoms with Crippen LogP contribution >= 0.6 is 0 Å². The van der Waals surface area contributed by atoms with Gasteiger partial charge in [0.2, 0.25) is 0 Å². The molecule has 1 saturated heterocycles. The molecule has 0 spiro atoms. The van der Waals surface area contributed by atoms with Crippen LogP contribution in [0.1, 0.15) is 26.3 Å². The molecule has 31 heavy (non-hydrogen) atoms. The zero-order chi connectivity index (χ0) is 22.0. The molecule has 7 heteroatoms. The van der Waals surface area contributed by atoms with Crippen molar-refractivity contribution in [3.05, 3.63) is 42.2 Å². The lowest BCUT2D eigenvalue weighted by molar-refractivity contribution is 0.0143. The summed E-state index contributed by atoms with van der Waals surface area (Å²) in [6, 6.07) is 8.62. The minimum absolute atomic E-state index is 0.216. The summed E-state index contributed by atoms with van der Waals surface area (Å²) in [6.45, 7) is 11.2. The molecule has 1 aliphatic rings. The molecule has 7 nitrogen and oxygen atoms in total. The highest BCUT2D eigenvalue weighted by atomic mass is 16.6. The van der Waals surface area contributed by atoms with E-state index >= 15 is 0 Å². The molecule has 1 aliphatic heterocycles. The van der Waals surface area contributed by atoms with Gasteiger partial charge in [-0.15, -0.1) is 0 Å². The Balaban J connectivity index is 1.47. The Hall–Kier alpha value is -2.64. The Morgan fingerprint density at radius 1 is 1.03 bits per heavy atom. The number of methoxy groups -OCH3 is 1. The third kappa shape index (κ3) is 4.83. The fourth-order valence-electron chi connectivity index (χ4n) is 4.21. The largest absolute Gasteiger partial charge is 0.444 e. The van der Waals surface area contributed by atoms with Crippen molar-refractivity contribution >= 4 is 27.9 Å². The van der Waals surface area contributed by atoms with E-state index in [2.05, 4.69) is 38.7 Å². The van der Waals surface area contributed by atoms with Crippen LogP contribution in [-0.2, 0) is 22.6 Å². The maximum absolute atomic E-state index is 12.3. The molecule has 0 aliphatic carbocycles. The van der Waals surface area contributed by atoms with Crippen LogP contribution in [0.2, 0.25) is 0 Å². The maximum atomic E-state index is 12.3. The Morgan fingerprint density at radius 3 is 2.48 bits per heavy atom. The quantitative estimate of drug-likeness (QED) is 0.622. The summed E-state index contributed by atoms with van der Waals surface area (Å²) in [5, 5.41) is 2.47. The number of carbonyl (C=O) groups is 1. The number of ether oxygens (including phenoxy) is 2. The molecule has 0 unspecified atom stereocenters. The van der Waals surface area contributed by atoms with E-state index in [0.717, 1.165) is 37.3 Å². The van der Waals surface area contributed by atoms with Crippen molar-refractivity contribution in [1.29, 1.82) is 0 Å². The van der Waals surface area contributed by atoms with Crippen molar-refractivity contribution in [2.24, 2.45) is 0 Å². The monoisotopic (exact) mass is 424 g/mol. The Bertz CT molecular complexity index is 1060. The summed E-state index contributed by atoms with van der Waals surface area (Å²) in [6.07, 6.45) is 3.59. The fourth-order valence-corrected chi connectivity index (χ4v) is 4.21. The third-order valence-electron chi connectivity index (χ3n) is 5.71. The standard InChI is InChI=1S/C24H32N4O3/c1-24(2,3)31-23(29)27-12-9-26(10-13-27)11-14-28-21-15-18(17-30-4)5-6-19(21)20-7-8-25-16-22(20)28/h5-8,15-16H,9-14,17H2,1-4H3. The van der Waals surface area contributed by atoms with E-state index in [1.165, 1.54) is 16.3 Å². The molecule has 1 fully saturated rings. The summed E-state index contributed by atoms with van der Waals surface area (Å²) in [5.41, 5.74) is 3.07. The average molecular weight is 425 g/mol. The lowest BCUT2D eigenvalue weighted by atomic mass is 10.1. The number of nitrogens with zero attached hydrogens (tertiary/aromatic N) is 4. The van der Waals surface area contributed by atoms with Gasteiger partial charge in [-0.3, -0.25) is 9.88 Å². The van der Waals surface area contributed by atoms with E-state index < -0.39 is 5.60 Å². The molecule has 4 rings (SSSR count). The minimum Gasteiger partial charge on any atom is -0.444 e. The SMILES string of the molecule is COCc1ccc2c3ccncc3n(CCN3CCN(C(=O)OC(C)(C)C)CC3)c2c1. The zero-order valence-electron chi connectivity index (χ0n) is 18.9. The number of pyridine rings is 1. The van der Waals surface area contributed by atoms with E-state index in [1.54, 1.807) is 7.11 Å². The summed E-state index contributed by atoms with van der Waals surface area (Å²) < 4.78 is 13.2. The van der Waals surface area contributed by atoms with E-state index in [1.807, 2.05) is 38.1 Å². The van der Waals surface area contributed by atoms with Gasteiger partial charge in [0.1, 0.15) is 5.60 Å². The predicted octanol–water partition coefficient (Wildman–Crippen LogP) is 3.89. The molecule has 0 radical (unpaired) electrons. The van der Waals surface area contributed by atoms with E-state index in [-0.39, 0.29) is 6.09 Å². The summed E-state index contributed by atoms with van der Waals surface area (Å²) in [7, 11) is 1.72. The number of amides is 1. The van der Waals surface area contributed by atoms with Gasteiger partial charge in [-0.1, -0.05) is 12.1 Å². The third-order valence-corrected chi connectivity index (χ3v) is 5.71. The number of fused-ring (bicyclic) bond motifs is 3. The van der Waals surface area contributed by atoms with Gasteiger partial charge in [-0.05, 0) is 38.5 Å². The normalized spacial score (nSPS) is 15.7. The highest BCUT2D eigenvalue weighted by Crippen LogP contribution is 2.29. The van der Waals surface area contributed by atoms with Gasteiger partial charge in [0.25, 0.3) is 0 Å². The van der Waals surface area contributed by atoms with Gasteiger partial charge in [0.15, 0.2) is 0 Å². The summed E-state index contributed by atoms with van der Waals surface area (Å²) >= 11 is 0. The summed E-state index contributed by atoms with van der Waals surface area (Å²) in [4.78, 5) is 20.9. The molecule has 0 atom stereocenters. The van der Waals surface area contributed by atoms with Gasteiger partial charge < -0.3 is 18.9 Å². The van der Waals surface area contributed by atoms with Crippen LogP contribution in [0.3, 0.4) is 0 Å².